The zero-order valence-electron chi connectivity index (χ0n) is 12.1. The summed E-state index contributed by atoms with van der Waals surface area (Å²) in [5, 5.41) is 3.59. The minimum atomic E-state index is -0.152. The van der Waals surface area contributed by atoms with Crippen molar-refractivity contribution in [3.63, 3.8) is 0 Å². The third kappa shape index (κ3) is 3.08. The lowest BCUT2D eigenvalue weighted by molar-refractivity contribution is 0.102. The second-order valence-corrected chi connectivity index (χ2v) is 6.57. The summed E-state index contributed by atoms with van der Waals surface area (Å²) in [5.74, 6) is 0.607. The van der Waals surface area contributed by atoms with Crippen LogP contribution in [0.1, 0.15) is 40.7 Å². The number of nitrogens with two attached hydrogens (primary N) is 1. The van der Waals surface area contributed by atoms with Gasteiger partial charge in [-0.25, -0.2) is 4.98 Å². The lowest BCUT2D eigenvalue weighted by atomic mass is 9.89. The third-order valence-corrected chi connectivity index (χ3v) is 5.02. The molecular formula is C16H19N3OS. The van der Waals surface area contributed by atoms with E-state index >= 15 is 0 Å². The molecule has 21 heavy (non-hydrogen) atoms. The van der Waals surface area contributed by atoms with Crippen LogP contribution in [0.4, 0.5) is 10.8 Å². The molecule has 3 N–H and O–H groups in total. The van der Waals surface area contributed by atoms with Crippen molar-refractivity contribution in [3.05, 3.63) is 40.4 Å². The first-order chi connectivity index (χ1) is 10.2. The fourth-order valence-electron chi connectivity index (χ4n) is 2.69. The normalized spacial score (nSPS) is 17.3. The standard InChI is InChI=1S/C16H19N3OS/c1-2-10-6-7-13-14(8-10)21-16(18-13)19-15(20)11-4-3-5-12(17)9-11/h3-5,9-10H,2,6-8,17H2,1H3,(H,18,19,20). The van der Waals surface area contributed by atoms with Crippen LogP contribution in [-0.2, 0) is 12.8 Å². The summed E-state index contributed by atoms with van der Waals surface area (Å²) in [6, 6.07) is 6.98. The molecule has 0 saturated carbocycles. The lowest BCUT2D eigenvalue weighted by Crippen LogP contribution is -2.12. The molecule has 1 amide bonds. The zero-order chi connectivity index (χ0) is 14.8. The van der Waals surface area contributed by atoms with E-state index in [2.05, 4.69) is 17.2 Å². The molecule has 3 rings (SSSR count). The van der Waals surface area contributed by atoms with Gasteiger partial charge in [0.05, 0.1) is 5.69 Å². The number of nitrogens with one attached hydrogen (secondary N) is 1. The smallest absolute Gasteiger partial charge is 0.257 e. The Hall–Kier alpha value is -1.88. The topological polar surface area (TPSA) is 68.0 Å². The fraction of sp³-hybridized carbons (Fsp3) is 0.375. The number of hydrogen-bond acceptors (Lipinski definition) is 4. The van der Waals surface area contributed by atoms with Crippen LogP contribution in [0.2, 0.25) is 0 Å². The summed E-state index contributed by atoms with van der Waals surface area (Å²) in [4.78, 5) is 18.1. The van der Waals surface area contributed by atoms with Gasteiger partial charge in [0, 0.05) is 16.1 Å². The van der Waals surface area contributed by atoms with Crippen molar-refractivity contribution in [1.82, 2.24) is 4.98 Å². The van der Waals surface area contributed by atoms with E-state index in [9.17, 15) is 4.79 Å². The Kier molecular flexibility index (Phi) is 3.92. The molecule has 0 radical (unpaired) electrons. The Bertz CT molecular complexity index is 665. The summed E-state index contributed by atoms with van der Waals surface area (Å²) < 4.78 is 0. The van der Waals surface area contributed by atoms with Crippen molar-refractivity contribution in [3.8, 4) is 0 Å². The molecule has 1 heterocycles. The van der Waals surface area contributed by atoms with Crippen molar-refractivity contribution < 1.29 is 4.79 Å². The maximum Gasteiger partial charge on any atom is 0.257 e. The van der Waals surface area contributed by atoms with Crippen LogP contribution in [0, 0.1) is 5.92 Å². The second kappa shape index (κ2) is 5.85. The minimum Gasteiger partial charge on any atom is -0.399 e. The van der Waals surface area contributed by atoms with Gasteiger partial charge in [-0.1, -0.05) is 19.4 Å². The molecule has 0 saturated heterocycles. The first-order valence-corrected chi connectivity index (χ1v) is 8.13. The largest absolute Gasteiger partial charge is 0.399 e. The molecule has 110 valence electrons. The van der Waals surface area contributed by atoms with E-state index in [-0.39, 0.29) is 5.91 Å². The maximum atomic E-state index is 12.2. The van der Waals surface area contributed by atoms with Crippen molar-refractivity contribution in [2.45, 2.75) is 32.6 Å². The predicted octanol–water partition coefficient (Wildman–Crippen LogP) is 3.49. The number of aromatic nitrogens is 1. The van der Waals surface area contributed by atoms with Gasteiger partial charge in [0.1, 0.15) is 0 Å². The fourth-order valence-corrected chi connectivity index (χ4v) is 3.81. The number of benzene rings is 1. The molecular weight excluding hydrogens is 282 g/mol. The Morgan fingerprint density at radius 1 is 1.52 bits per heavy atom. The number of nitrogen functional groups attached to an aromatic ring is 1. The van der Waals surface area contributed by atoms with Crippen LogP contribution in [0.3, 0.4) is 0 Å². The Labute approximate surface area is 128 Å². The summed E-state index contributed by atoms with van der Waals surface area (Å²) in [6.45, 7) is 2.24. The van der Waals surface area contributed by atoms with Crippen molar-refractivity contribution in [1.29, 1.82) is 0 Å². The summed E-state index contributed by atoms with van der Waals surface area (Å²) >= 11 is 1.61. The van der Waals surface area contributed by atoms with Gasteiger partial charge in [0.15, 0.2) is 5.13 Å². The van der Waals surface area contributed by atoms with Crippen LogP contribution in [0.15, 0.2) is 24.3 Å². The van der Waals surface area contributed by atoms with Crippen LogP contribution >= 0.6 is 11.3 Å². The number of thiazole rings is 1. The predicted molar refractivity (Wildman–Crippen MR) is 86.7 cm³/mol. The van der Waals surface area contributed by atoms with Crippen molar-refractivity contribution in [2.75, 3.05) is 11.1 Å². The molecule has 1 aromatic heterocycles. The summed E-state index contributed by atoms with van der Waals surface area (Å²) in [6.07, 6.45) is 4.54. The molecule has 1 aromatic carbocycles. The SMILES string of the molecule is CCC1CCc2nc(NC(=O)c3cccc(N)c3)sc2C1. The average molecular weight is 301 g/mol. The van der Waals surface area contributed by atoms with Crippen LogP contribution in [0.5, 0.6) is 0 Å². The molecule has 4 nitrogen and oxygen atoms in total. The second-order valence-electron chi connectivity index (χ2n) is 5.49. The molecule has 1 unspecified atom stereocenters. The van der Waals surface area contributed by atoms with Crippen LogP contribution < -0.4 is 11.1 Å². The summed E-state index contributed by atoms with van der Waals surface area (Å²) in [7, 11) is 0. The molecule has 2 aromatic rings. The molecule has 5 heteroatoms. The van der Waals surface area contributed by atoms with E-state index in [1.807, 2.05) is 0 Å². The van der Waals surface area contributed by atoms with E-state index in [0.29, 0.717) is 16.4 Å². The molecule has 0 fully saturated rings. The van der Waals surface area contributed by atoms with Crippen molar-refractivity contribution >= 4 is 28.1 Å². The number of anilines is 2. The van der Waals surface area contributed by atoms with Gasteiger partial charge in [-0.2, -0.15) is 0 Å². The van der Waals surface area contributed by atoms with Crippen molar-refractivity contribution in [2.24, 2.45) is 5.92 Å². The highest BCUT2D eigenvalue weighted by Crippen LogP contribution is 2.33. The number of carbonyl (C=O) groups is 1. The number of hydrogen-bond donors (Lipinski definition) is 2. The number of carbonyl (C=O) groups excluding carboxylic acids is 1. The Morgan fingerprint density at radius 3 is 3.14 bits per heavy atom. The highest BCUT2D eigenvalue weighted by atomic mass is 32.1. The molecule has 1 atom stereocenters. The first-order valence-electron chi connectivity index (χ1n) is 7.31. The van der Waals surface area contributed by atoms with E-state index in [1.165, 1.54) is 17.7 Å². The molecule has 1 aliphatic rings. The number of nitrogens with zero attached hydrogens (tertiary/aromatic N) is 1. The van der Waals surface area contributed by atoms with Crippen LogP contribution in [-0.4, -0.2) is 10.9 Å². The van der Waals surface area contributed by atoms with Crippen LogP contribution in [0.25, 0.3) is 0 Å². The molecule has 1 aliphatic carbocycles. The number of rotatable bonds is 3. The molecule has 0 spiro atoms. The van der Waals surface area contributed by atoms with E-state index in [4.69, 9.17) is 5.73 Å². The van der Waals surface area contributed by atoms with E-state index < -0.39 is 0 Å². The zero-order valence-corrected chi connectivity index (χ0v) is 12.9. The van der Waals surface area contributed by atoms with Gasteiger partial charge in [0.25, 0.3) is 5.91 Å². The molecule has 0 aliphatic heterocycles. The minimum absolute atomic E-state index is 0.152. The van der Waals surface area contributed by atoms with Gasteiger partial charge in [-0.3, -0.25) is 10.1 Å². The monoisotopic (exact) mass is 301 g/mol. The highest BCUT2D eigenvalue weighted by Gasteiger charge is 2.22. The van der Waals surface area contributed by atoms with E-state index in [0.717, 1.165) is 24.5 Å². The van der Waals surface area contributed by atoms with Gasteiger partial charge < -0.3 is 5.73 Å². The first kappa shape index (κ1) is 14.1. The Balaban J connectivity index is 1.74. The number of aryl methyl sites for hydroxylation is 1. The van der Waals surface area contributed by atoms with Gasteiger partial charge in [-0.05, 0) is 43.4 Å². The quantitative estimate of drug-likeness (QED) is 0.853. The third-order valence-electron chi connectivity index (χ3n) is 3.99. The maximum absolute atomic E-state index is 12.2. The molecule has 0 bridgehead atoms. The average Bonchev–Trinajstić information content (AvgIpc) is 2.88. The number of fused-ring (bicyclic) bond motifs is 1. The lowest BCUT2D eigenvalue weighted by Gasteiger charge is -2.18. The van der Waals surface area contributed by atoms with Gasteiger partial charge in [0.2, 0.25) is 0 Å². The number of amides is 1. The highest BCUT2D eigenvalue weighted by molar-refractivity contribution is 7.15. The summed E-state index contributed by atoms with van der Waals surface area (Å²) in [5.41, 5.74) is 8.02. The Morgan fingerprint density at radius 2 is 2.38 bits per heavy atom. The van der Waals surface area contributed by atoms with Gasteiger partial charge in [-0.15, -0.1) is 11.3 Å². The van der Waals surface area contributed by atoms with E-state index in [1.54, 1.807) is 35.6 Å². The van der Waals surface area contributed by atoms with Gasteiger partial charge >= 0.3 is 0 Å².